The monoisotopic (exact) mass is 480 g/mol. The Morgan fingerprint density at radius 2 is 1.67 bits per heavy atom. The molecule has 3 aliphatic heterocycles. The van der Waals surface area contributed by atoms with Crippen LogP contribution in [0.1, 0.15) is 33.1 Å². The lowest BCUT2D eigenvalue weighted by atomic mass is 9.92. The molecule has 0 bridgehead atoms. The van der Waals surface area contributed by atoms with Gasteiger partial charge in [0.1, 0.15) is 13.2 Å². The number of nitrogens with zero attached hydrogens (tertiary/aromatic N) is 2. The predicted molar refractivity (Wildman–Crippen MR) is 119 cm³/mol. The van der Waals surface area contributed by atoms with Crippen LogP contribution in [0.15, 0.2) is 23.1 Å². The number of carbonyl (C=O) groups excluding carboxylic acids is 2. The number of ether oxygens (including phenoxy) is 3. The fraction of sp³-hybridized carbons (Fsp3) is 0.652. The van der Waals surface area contributed by atoms with Crippen LogP contribution in [-0.4, -0.2) is 75.5 Å². The lowest BCUT2D eigenvalue weighted by Gasteiger charge is -2.35. The molecule has 2 saturated heterocycles. The number of benzene rings is 1. The van der Waals surface area contributed by atoms with Crippen molar-refractivity contribution in [2.45, 2.75) is 38.0 Å². The Hall–Kier alpha value is -2.33. The molecule has 1 aromatic rings. The molecule has 0 spiro atoms. The molecule has 0 aliphatic carbocycles. The Morgan fingerprint density at radius 3 is 2.33 bits per heavy atom. The van der Waals surface area contributed by atoms with Crippen LogP contribution in [0.3, 0.4) is 0 Å². The van der Waals surface area contributed by atoms with E-state index in [0.29, 0.717) is 62.5 Å². The zero-order valence-corrected chi connectivity index (χ0v) is 20.0. The molecular weight excluding hydrogens is 448 g/mol. The lowest BCUT2D eigenvalue weighted by Crippen LogP contribution is -2.45. The summed E-state index contributed by atoms with van der Waals surface area (Å²) in [6, 6.07) is 4.60. The van der Waals surface area contributed by atoms with Crippen LogP contribution >= 0.6 is 0 Å². The molecule has 3 heterocycles. The fourth-order valence-corrected chi connectivity index (χ4v) is 6.36. The van der Waals surface area contributed by atoms with Crippen LogP contribution in [0.5, 0.6) is 11.5 Å². The Labute approximate surface area is 195 Å². The second-order valence-electron chi connectivity index (χ2n) is 9.34. The van der Waals surface area contributed by atoms with E-state index in [0.717, 1.165) is 6.42 Å². The summed E-state index contributed by atoms with van der Waals surface area (Å²) in [5.74, 6) is 0.817. The van der Waals surface area contributed by atoms with E-state index < -0.39 is 21.9 Å². The molecule has 4 rings (SSSR count). The predicted octanol–water partition coefficient (Wildman–Crippen LogP) is 1.91. The van der Waals surface area contributed by atoms with Gasteiger partial charge in [-0.1, -0.05) is 13.8 Å². The van der Waals surface area contributed by atoms with Crippen molar-refractivity contribution in [2.24, 2.45) is 17.8 Å². The van der Waals surface area contributed by atoms with Gasteiger partial charge in [0, 0.05) is 32.2 Å². The second-order valence-corrected chi connectivity index (χ2v) is 11.3. The average Bonchev–Trinajstić information content (AvgIpc) is 2.81. The van der Waals surface area contributed by atoms with E-state index in [1.165, 1.54) is 16.4 Å². The molecule has 0 unspecified atom stereocenters. The van der Waals surface area contributed by atoms with Crippen LogP contribution in [0, 0.1) is 17.8 Å². The van der Waals surface area contributed by atoms with Gasteiger partial charge < -0.3 is 19.1 Å². The molecule has 10 heteroatoms. The molecular formula is C23H32N2O7S. The molecule has 9 nitrogen and oxygen atoms in total. The van der Waals surface area contributed by atoms with Gasteiger partial charge in [-0.2, -0.15) is 4.31 Å². The van der Waals surface area contributed by atoms with Gasteiger partial charge in [0.05, 0.1) is 10.8 Å². The number of hydrogen-bond donors (Lipinski definition) is 0. The maximum Gasteiger partial charge on any atom is 0.309 e. The third-order valence-corrected chi connectivity index (χ3v) is 8.39. The number of sulfonamides is 1. The Balaban J connectivity index is 1.28. The second kappa shape index (κ2) is 9.89. The number of piperidine rings is 2. The zero-order chi connectivity index (χ0) is 23.6. The molecule has 1 amide bonds. The normalized spacial score (nSPS) is 24.4. The molecule has 1 aromatic carbocycles. The first-order valence-electron chi connectivity index (χ1n) is 11.6. The highest BCUT2D eigenvalue weighted by Gasteiger charge is 2.34. The van der Waals surface area contributed by atoms with Gasteiger partial charge in [-0.15, -0.1) is 0 Å². The third kappa shape index (κ3) is 5.43. The van der Waals surface area contributed by atoms with E-state index >= 15 is 0 Å². The van der Waals surface area contributed by atoms with Gasteiger partial charge >= 0.3 is 5.97 Å². The van der Waals surface area contributed by atoms with Gasteiger partial charge in [0.2, 0.25) is 10.0 Å². The van der Waals surface area contributed by atoms with E-state index in [4.69, 9.17) is 14.2 Å². The smallest absolute Gasteiger partial charge is 0.309 e. The van der Waals surface area contributed by atoms with Gasteiger partial charge in [-0.25, -0.2) is 8.42 Å². The van der Waals surface area contributed by atoms with E-state index in [1.54, 1.807) is 11.0 Å². The summed E-state index contributed by atoms with van der Waals surface area (Å²) in [7, 11) is -3.71. The highest BCUT2D eigenvalue weighted by Crippen LogP contribution is 2.34. The summed E-state index contributed by atoms with van der Waals surface area (Å²) in [5.41, 5.74) is 0. The zero-order valence-electron chi connectivity index (χ0n) is 19.2. The van der Waals surface area contributed by atoms with Gasteiger partial charge in [0.25, 0.3) is 5.91 Å². The van der Waals surface area contributed by atoms with E-state index in [1.807, 2.05) is 0 Å². The van der Waals surface area contributed by atoms with Gasteiger partial charge in [-0.3, -0.25) is 9.59 Å². The maximum absolute atomic E-state index is 13.1. The Morgan fingerprint density at radius 1 is 1.03 bits per heavy atom. The average molecular weight is 481 g/mol. The quantitative estimate of drug-likeness (QED) is 0.593. The minimum atomic E-state index is -3.71. The van der Waals surface area contributed by atoms with Crippen molar-refractivity contribution in [1.29, 1.82) is 0 Å². The number of esters is 1. The molecule has 0 N–H and O–H groups in total. The van der Waals surface area contributed by atoms with Crippen LogP contribution in [0.2, 0.25) is 0 Å². The summed E-state index contributed by atoms with van der Waals surface area (Å²) in [5, 5.41) is 0. The summed E-state index contributed by atoms with van der Waals surface area (Å²) >= 11 is 0. The molecule has 0 saturated carbocycles. The SMILES string of the molecule is C[C@@H]1C[C@H](C)CN(C(=O)COC(=O)C2CCN(S(=O)(=O)c3ccc4c(c3)OCCO4)CC2)C1. The number of amides is 1. The molecule has 0 aromatic heterocycles. The first-order valence-corrected chi connectivity index (χ1v) is 13.0. The van der Waals surface area contributed by atoms with E-state index in [2.05, 4.69) is 13.8 Å². The summed E-state index contributed by atoms with van der Waals surface area (Å²) in [4.78, 5) is 26.9. The molecule has 2 fully saturated rings. The maximum atomic E-state index is 13.1. The largest absolute Gasteiger partial charge is 0.486 e. The molecule has 0 radical (unpaired) electrons. The summed E-state index contributed by atoms with van der Waals surface area (Å²) in [6.45, 7) is 6.61. The highest BCUT2D eigenvalue weighted by molar-refractivity contribution is 7.89. The lowest BCUT2D eigenvalue weighted by molar-refractivity contribution is -0.157. The van der Waals surface area contributed by atoms with Gasteiger partial charge in [0.15, 0.2) is 18.1 Å². The van der Waals surface area contributed by atoms with E-state index in [-0.39, 0.29) is 30.5 Å². The Kier molecular flexibility index (Phi) is 7.13. The van der Waals surface area contributed by atoms with Crippen molar-refractivity contribution in [3.63, 3.8) is 0 Å². The number of carbonyl (C=O) groups is 2. The topological polar surface area (TPSA) is 102 Å². The number of likely N-dealkylation sites (tertiary alicyclic amines) is 1. The highest BCUT2D eigenvalue weighted by atomic mass is 32.2. The third-order valence-electron chi connectivity index (χ3n) is 6.50. The summed E-state index contributed by atoms with van der Waals surface area (Å²) in [6.07, 6.45) is 1.81. The fourth-order valence-electron chi connectivity index (χ4n) is 4.87. The van der Waals surface area contributed by atoms with Crippen LogP contribution in [-0.2, 0) is 24.3 Å². The molecule has 2 atom stereocenters. The van der Waals surface area contributed by atoms with Gasteiger partial charge in [-0.05, 0) is 43.2 Å². The van der Waals surface area contributed by atoms with Crippen LogP contribution in [0.25, 0.3) is 0 Å². The minimum Gasteiger partial charge on any atom is -0.486 e. The number of hydrogen-bond acceptors (Lipinski definition) is 7. The molecule has 33 heavy (non-hydrogen) atoms. The van der Waals surface area contributed by atoms with Crippen molar-refractivity contribution in [2.75, 3.05) is 46.0 Å². The van der Waals surface area contributed by atoms with Crippen LogP contribution < -0.4 is 9.47 Å². The summed E-state index contributed by atoms with van der Waals surface area (Å²) < 4.78 is 43.7. The van der Waals surface area contributed by atoms with Crippen molar-refractivity contribution in [1.82, 2.24) is 9.21 Å². The standard InChI is InChI=1S/C23H32N2O7S/c1-16-11-17(2)14-24(13-16)22(26)15-32-23(27)18-5-7-25(8-6-18)33(28,29)19-3-4-20-21(12-19)31-10-9-30-20/h3-4,12,16-18H,5-11,13-15H2,1-2H3/t16-,17+. The molecule has 3 aliphatic rings. The van der Waals surface area contributed by atoms with E-state index in [9.17, 15) is 18.0 Å². The van der Waals surface area contributed by atoms with Crippen molar-refractivity contribution in [3.05, 3.63) is 18.2 Å². The van der Waals surface area contributed by atoms with Crippen molar-refractivity contribution < 1.29 is 32.2 Å². The number of rotatable bonds is 5. The van der Waals surface area contributed by atoms with Crippen molar-refractivity contribution in [3.8, 4) is 11.5 Å². The van der Waals surface area contributed by atoms with Crippen LogP contribution in [0.4, 0.5) is 0 Å². The Bertz CT molecular complexity index is 979. The first-order chi connectivity index (χ1) is 15.7. The number of fused-ring (bicyclic) bond motifs is 1. The minimum absolute atomic E-state index is 0.142. The van der Waals surface area contributed by atoms with Crippen molar-refractivity contribution >= 4 is 21.9 Å². The first kappa shape index (κ1) is 23.8. The molecule has 182 valence electrons.